The Morgan fingerprint density at radius 1 is 1.44 bits per heavy atom. The first-order chi connectivity index (χ1) is 7.76. The van der Waals surface area contributed by atoms with Crippen molar-refractivity contribution in [1.82, 2.24) is 5.32 Å². The van der Waals surface area contributed by atoms with E-state index in [-0.39, 0.29) is 0 Å². The van der Waals surface area contributed by atoms with Gasteiger partial charge >= 0.3 is 0 Å². The van der Waals surface area contributed by atoms with Crippen molar-refractivity contribution in [2.24, 2.45) is 0 Å². The van der Waals surface area contributed by atoms with Crippen molar-refractivity contribution in [3.05, 3.63) is 28.7 Å². The van der Waals surface area contributed by atoms with Gasteiger partial charge in [0.25, 0.3) is 0 Å². The topological polar surface area (TPSA) is 12.0 Å². The standard InChI is InChI=1S/C13H16BrNS/c1-3-4-5-12(15-2)10-16-13-8-6-11(14)7-9-13/h1,6-9,12,15H,4-5,10H2,2H3. The summed E-state index contributed by atoms with van der Waals surface area (Å²) in [6.45, 7) is 0. The molecule has 0 aliphatic carbocycles. The lowest BCUT2D eigenvalue weighted by Gasteiger charge is -2.14. The fourth-order valence-corrected chi connectivity index (χ4v) is 2.62. The summed E-state index contributed by atoms with van der Waals surface area (Å²) in [5.74, 6) is 3.74. The lowest BCUT2D eigenvalue weighted by atomic mass is 10.2. The van der Waals surface area contributed by atoms with Crippen LogP contribution in [0.4, 0.5) is 0 Å². The van der Waals surface area contributed by atoms with Crippen LogP contribution in [0.5, 0.6) is 0 Å². The van der Waals surface area contributed by atoms with Crippen molar-refractivity contribution >= 4 is 27.7 Å². The van der Waals surface area contributed by atoms with Gasteiger partial charge in [-0.3, -0.25) is 0 Å². The van der Waals surface area contributed by atoms with Crippen molar-refractivity contribution in [3.63, 3.8) is 0 Å². The lowest BCUT2D eigenvalue weighted by molar-refractivity contribution is 0.582. The summed E-state index contributed by atoms with van der Waals surface area (Å²) >= 11 is 5.29. The van der Waals surface area contributed by atoms with E-state index in [9.17, 15) is 0 Å². The van der Waals surface area contributed by atoms with Gasteiger partial charge in [0.1, 0.15) is 0 Å². The molecule has 0 saturated carbocycles. The molecular formula is C13H16BrNS. The lowest BCUT2D eigenvalue weighted by Crippen LogP contribution is -2.27. The van der Waals surface area contributed by atoms with Crippen LogP contribution in [-0.4, -0.2) is 18.8 Å². The Balaban J connectivity index is 2.37. The van der Waals surface area contributed by atoms with Crippen molar-refractivity contribution in [2.45, 2.75) is 23.8 Å². The largest absolute Gasteiger partial charge is 0.316 e. The van der Waals surface area contributed by atoms with Crippen LogP contribution in [0.1, 0.15) is 12.8 Å². The Morgan fingerprint density at radius 2 is 2.12 bits per heavy atom. The molecule has 0 amide bonds. The minimum absolute atomic E-state index is 0.490. The van der Waals surface area contributed by atoms with Gasteiger partial charge in [-0.25, -0.2) is 0 Å². The molecule has 1 unspecified atom stereocenters. The molecule has 86 valence electrons. The van der Waals surface area contributed by atoms with E-state index in [1.165, 1.54) is 4.90 Å². The molecule has 0 bridgehead atoms. The molecule has 1 atom stereocenters. The Morgan fingerprint density at radius 3 is 2.69 bits per heavy atom. The third-order valence-corrected chi connectivity index (χ3v) is 4.01. The summed E-state index contributed by atoms with van der Waals surface area (Å²) < 4.78 is 1.12. The fourth-order valence-electron chi connectivity index (χ4n) is 1.30. The maximum absolute atomic E-state index is 5.27. The van der Waals surface area contributed by atoms with Gasteiger partial charge in [-0.1, -0.05) is 15.9 Å². The zero-order valence-electron chi connectivity index (χ0n) is 9.37. The Hall–Kier alpha value is -0.430. The van der Waals surface area contributed by atoms with Gasteiger partial charge in [-0.2, -0.15) is 0 Å². The first kappa shape index (κ1) is 13.6. The summed E-state index contributed by atoms with van der Waals surface area (Å²) in [6.07, 6.45) is 7.14. The summed E-state index contributed by atoms with van der Waals surface area (Å²) in [5.41, 5.74) is 0. The van der Waals surface area contributed by atoms with E-state index in [1.807, 2.05) is 18.8 Å². The molecule has 1 aromatic carbocycles. The molecule has 1 N–H and O–H groups in total. The third-order valence-electron chi connectivity index (χ3n) is 2.31. The molecule has 0 saturated heterocycles. The van der Waals surface area contributed by atoms with Gasteiger partial charge in [-0.15, -0.1) is 24.1 Å². The van der Waals surface area contributed by atoms with Gasteiger partial charge < -0.3 is 5.32 Å². The van der Waals surface area contributed by atoms with E-state index in [0.717, 1.165) is 23.1 Å². The van der Waals surface area contributed by atoms with Crippen molar-refractivity contribution in [2.75, 3.05) is 12.8 Å². The van der Waals surface area contributed by atoms with Crippen LogP contribution in [0.15, 0.2) is 33.6 Å². The first-order valence-corrected chi connectivity index (χ1v) is 7.03. The number of rotatable bonds is 6. The number of hydrogen-bond acceptors (Lipinski definition) is 2. The highest BCUT2D eigenvalue weighted by Gasteiger charge is 2.05. The van der Waals surface area contributed by atoms with Crippen LogP contribution in [0, 0.1) is 12.3 Å². The number of nitrogens with one attached hydrogen (secondary N) is 1. The van der Waals surface area contributed by atoms with Crippen LogP contribution >= 0.6 is 27.7 Å². The van der Waals surface area contributed by atoms with Crippen LogP contribution in [0.25, 0.3) is 0 Å². The zero-order valence-corrected chi connectivity index (χ0v) is 11.8. The number of halogens is 1. The van der Waals surface area contributed by atoms with Gasteiger partial charge in [0.15, 0.2) is 0 Å². The molecule has 1 rings (SSSR count). The Labute approximate surface area is 111 Å². The molecule has 3 heteroatoms. The van der Waals surface area contributed by atoms with Crippen LogP contribution < -0.4 is 5.32 Å². The minimum atomic E-state index is 0.490. The van der Waals surface area contributed by atoms with Gasteiger partial charge in [-0.05, 0) is 37.7 Å². The van der Waals surface area contributed by atoms with Crippen LogP contribution in [-0.2, 0) is 0 Å². The molecule has 0 spiro atoms. The summed E-state index contributed by atoms with van der Waals surface area (Å²) in [7, 11) is 1.99. The van der Waals surface area contributed by atoms with Gasteiger partial charge in [0, 0.05) is 27.6 Å². The summed E-state index contributed by atoms with van der Waals surface area (Å²) in [6, 6.07) is 8.88. The average molecular weight is 298 g/mol. The Bertz CT molecular complexity index is 342. The molecule has 0 fully saturated rings. The molecule has 0 heterocycles. The number of thioether (sulfide) groups is 1. The maximum Gasteiger partial charge on any atom is 0.0176 e. The highest BCUT2D eigenvalue weighted by atomic mass is 79.9. The van der Waals surface area contributed by atoms with E-state index in [4.69, 9.17) is 6.42 Å². The van der Waals surface area contributed by atoms with Crippen molar-refractivity contribution < 1.29 is 0 Å². The molecule has 1 nitrogen and oxygen atoms in total. The van der Waals surface area contributed by atoms with E-state index in [1.54, 1.807) is 0 Å². The van der Waals surface area contributed by atoms with E-state index in [2.05, 4.69) is 51.4 Å². The summed E-state index contributed by atoms with van der Waals surface area (Å²) in [5, 5.41) is 3.29. The first-order valence-electron chi connectivity index (χ1n) is 5.25. The highest BCUT2D eigenvalue weighted by Crippen LogP contribution is 2.21. The maximum atomic E-state index is 5.27. The van der Waals surface area contributed by atoms with Gasteiger partial charge in [0.2, 0.25) is 0 Å². The minimum Gasteiger partial charge on any atom is -0.316 e. The van der Waals surface area contributed by atoms with Crippen molar-refractivity contribution in [3.8, 4) is 12.3 Å². The second-order valence-electron chi connectivity index (χ2n) is 3.49. The SMILES string of the molecule is C#CCCC(CSc1ccc(Br)cc1)NC. The predicted molar refractivity (Wildman–Crippen MR) is 75.8 cm³/mol. The van der Waals surface area contributed by atoms with Crippen LogP contribution in [0.2, 0.25) is 0 Å². The smallest absolute Gasteiger partial charge is 0.0176 e. The highest BCUT2D eigenvalue weighted by molar-refractivity contribution is 9.10. The number of hydrogen-bond donors (Lipinski definition) is 1. The second kappa shape index (κ2) is 7.78. The zero-order chi connectivity index (χ0) is 11.8. The summed E-state index contributed by atoms with van der Waals surface area (Å²) in [4.78, 5) is 1.30. The average Bonchev–Trinajstić information content (AvgIpc) is 2.32. The normalized spacial score (nSPS) is 12.1. The monoisotopic (exact) mass is 297 g/mol. The molecule has 0 radical (unpaired) electrons. The predicted octanol–water partition coefficient (Wildman–Crippen LogP) is 3.54. The second-order valence-corrected chi connectivity index (χ2v) is 5.50. The van der Waals surface area contributed by atoms with Gasteiger partial charge in [0.05, 0.1) is 0 Å². The number of terminal acetylenes is 1. The third kappa shape index (κ3) is 5.07. The molecule has 1 aromatic rings. The fraction of sp³-hybridized carbons (Fsp3) is 0.385. The van der Waals surface area contributed by atoms with Crippen molar-refractivity contribution in [1.29, 1.82) is 0 Å². The molecule has 0 aliphatic rings. The van der Waals surface area contributed by atoms with E-state index in [0.29, 0.717) is 6.04 Å². The quantitative estimate of drug-likeness (QED) is 0.637. The Kier molecular flexibility index (Phi) is 6.63. The number of benzene rings is 1. The molecule has 0 aliphatic heterocycles. The van der Waals surface area contributed by atoms with E-state index < -0.39 is 0 Å². The molecule has 16 heavy (non-hydrogen) atoms. The van der Waals surface area contributed by atoms with Crippen LogP contribution in [0.3, 0.4) is 0 Å². The van der Waals surface area contributed by atoms with E-state index >= 15 is 0 Å². The molecular weight excluding hydrogens is 282 g/mol. The molecule has 0 aromatic heterocycles.